The Bertz CT molecular complexity index is 957. The van der Waals surface area contributed by atoms with Gasteiger partial charge in [-0.05, 0) is 35.4 Å². The van der Waals surface area contributed by atoms with Crippen molar-refractivity contribution in [3.05, 3.63) is 102 Å². The number of hydrogen-bond donors (Lipinski definition) is 1. The predicted molar refractivity (Wildman–Crippen MR) is 97.1 cm³/mol. The van der Waals surface area contributed by atoms with Crippen LogP contribution in [-0.2, 0) is 0 Å². The first-order valence-electron chi connectivity index (χ1n) is 7.88. The van der Waals surface area contributed by atoms with Crippen LogP contribution in [0.4, 0.5) is 4.39 Å². The van der Waals surface area contributed by atoms with E-state index in [4.69, 9.17) is 11.6 Å². The van der Waals surface area contributed by atoms with Crippen LogP contribution < -0.4 is 0 Å². The maximum Gasteiger partial charge on any atom is 0.123 e. The molecule has 0 radical (unpaired) electrons. The molecule has 124 valence electrons. The monoisotopic (exact) mass is 351 g/mol. The summed E-state index contributed by atoms with van der Waals surface area (Å²) in [5, 5.41) is 0.700. The van der Waals surface area contributed by atoms with Crippen molar-refractivity contribution >= 4 is 11.6 Å². The molecule has 1 atom stereocenters. The van der Waals surface area contributed by atoms with Crippen LogP contribution in [0.2, 0.25) is 5.02 Å². The number of nitrogens with one attached hydrogen (secondary N) is 1. The Labute approximate surface area is 149 Å². The highest BCUT2D eigenvalue weighted by Crippen LogP contribution is 2.35. The van der Waals surface area contributed by atoms with E-state index in [1.807, 2.05) is 47.4 Å². The van der Waals surface area contributed by atoms with E-state index < -0.39 is 0 Å². The highest BCUT2D eigenvalue weighted by Gasteiger charge is 2.21. The van der Waals surface area contributed by atoms with Gasteiger partial charge < -0.3 is 9.55 Å². The van der Waals surface area contributed by atoms with Crippen molar-refractivity contribution in [2.75, 3.05) is 0 Å². The van der Waals surface area contributed by atoms with E-state index in [1.165, 1.54) is 12.1 Å². The van der Waals surface area contributed by atoms with Crippen LogP contribution in [0, 0.1) is 5.82 Å². The summed E-state index contributed by atoms with van der Waals surface area (Å²) in [6.07, 6.45) is 9.36. The van der Waals surface area contributed by atoms with E-state index in [0.29, 0.717) is 5.02 Å². The fourth-order valence-corrected chi connectivity index (χ4v) is 3.19. The molecule has 2 aromatic heterocycles. The number of aromatic nitrogens is 3. The van der Waals surface area contributed by atoms with Crippen LogP contribution >= 0.6 is 11.6 Å². The molecule has 0 fully saturated rings. The number of nitrogens with zero attached hydrogens (tertiary/aromatic N) is 2. The quantitative estimate of drug-likeness (QED) is 0.531. The average Bonchev–Trinajstić information content (AvgIpc) is 3.30. The van der Waals surface area contributed by atoms with E-state index >= 15 is 0 Å². The number of rotatable bonds is 4. The molecule has 0 aliphatic heterocycles. The minimum Gasteiger partial charge on any atom is -0.367 e. The van der Waals surface area contributed by atoms with Crippen molar-refractivity contribution in [1.29, 1.82) is 0 Å². The standard InChI is InChI=1S/C20H15ClFN3/c21-16-5-1-14(2-6-16)18-11-24-12-19(18)20(25-10-9-23-13-25)15-3-7-17(22)8-4-15/h1-13,20,24H/t20-/m1/s1. The molecule has 4 aromatic rings. The summed E-state index contributed by atoms with van der Waals surface area (Å²) in [7, 11) is 0. The van der Waals surface area contributed by atoms with Crippen molar-refractivity contribution in [1.82, 2.24) is 14.5 Å². The fourth-order valence-electron chi connectivity index (χ4n) is 3.06. The third-order valence-electron chi connectivity index (χ3n) is 4.24. The first kappa shape index (κ1) is 15.7. The Balaban J connectivity index is 1.85. The van der Waals surface area contributed by atoms with Gasteiger partial charge in [-0.2, -0.15) is 0 Å². The highest BCUT2D eigenvalue weighted by atomic mass is 35.5. The summed E-state index contributed by atoms with van der Waals surface area (Å²) in [5.74, 6) is -0.250. The molecule has 0 saturated carbocycles. The molecule has 3 nitrogen and oxygen atoms in total. The molecule has 0 saturated heterocycles. The van der Waals surface area contributed by atoms with Gasteiger partial charge in [0.05, 0.1) is 12.4 Å². The van der Waals surface area contributed by atoms with E-state index in [2.05, 4.69) is 9.97 Å². The highest BCUT2D eigenvalue weighted by molar-refractivity contribution is 6.30. The molecule has 0 spiro atoms. The lowest BCUT2D eigenvalue weighted by atomic mass is 9.94. The zero-order chi connectivity index (χ0) is 17.2. The van der Waals surface area contributed by atoms with Gasteiger partial charge in [0.15, 0.2) is 0 Å². The maximum atomic E-state index is 13.4. The molecule has 0 bridgehead atoms. The van der Waals surface area contributed by atoms with Crippen molar-refractivity contribution < 1.29 is 4.39 Å². The van der Waals surface area contributed by atoms with Gasteiger partial charge in [-0.15, -0.1) is 0 Å². The SMILES string of the molecule is Fc1ccc([C@H](c2c[nH]cc2-c2ccc(Cl)cc2)n2ccnc2)cc1. The van der Waals surface area contributed by atoms with Gasteiger partial charge in [0.1, 0.15) is 5.82 Å². The Hall–Kier alpha value is -2.85. The van der Waals surface area contributed by atoms with Gasteiger partial charge in [0.25, 0.3) is 0 Å². The molecule has 0 unspecified atom stereocenters. The van der Waals surface area contributed by atoms with Crippen LogP contribution in [0.25, 0.3) is 11.1 Å². The van der Waals surface area contributed by atoms with Crippen molar-refractivity contribution in [3.63, 3.8) is 0 Å². The van der Waals surface area contributed by atoms with Crippen LogP contribution in [0.3, 0.4) is 0 Å². The summed E-state index contributed by atoms with van der Waals surface area (Å²) < 4.78 is 15.4. The summed E-state index contributed by atoms with van der Waals surface area (Å²) >= 11 is 6.01. The molecule has 2 aromatic carbocycles. The topological polar surface area (TPSA) is 33.6 Å². The molecule has 0 amide bonds. The summed E-state index contributed by atoms with van der Waals surface area (Å²) in [6.45, 7) is 0. The zero-order valence-corrected chi connectivity index (χ0v) is 14.0. The molecule has 2 heterocycles. The van der Waals surface area contributed by atoms with E-state index in [0.717, 1.165) is 22.3 Å². The van der Waals surface area contributed by atoms with E-state index in [9.17, 15) is 4.39 Å². The maximum absolute atomic E-state index is 13.4. The van der Waals surface area contributed by atoms with Crippen molar-refractivity contribution in [2.24, 2.45) is 0 Å². The van der Waals surface area contributed by atoms with Crippen LogP contribution in [0.1, 0.15) is 17.2 Å². The number of hydrogen-bond acceptors (Lipinski definition) is 1. The van der Waals surface area contributed by atoms with Crippen LogP contribution in [0.5, 0.6) is 0 Å². The minimum atomic E-state index is -0.250. The molecular formula is C20H15ClFN3. The lowest BCUT2D eigenvalue weighted by Gasteiger charge is -2.20. The number of benzene rings is 2. The average molecular weight is 352 g/mol. The largest absolute Gasteiger partial charge is 0.367 e. The summed E-state index contributed by atoms with van der Waals surface area (Å²) in [4.78, 5) is 7.37. The van der Waals surface area contributed by atoms with Gasteiger partial charge >= 0.3 is 0 Å². The number of aromatic amines is 1. The Kier molecular flexibility index (Phi) is 4.12. The predicted octanol–water partition coefficient (Wildman–Crippen LogP) is 5.31. The summed E-state index contributed by atoms with van der Waals surface area (Å²) in [6, 6.07) is 14.2. The normalized spacial score (nSPS) is 12.2. The van der Waals surface area contributed by atoms with E-state index in [-0.39, 0.29) is 11.9 Å². The number of imidazole rings is 1. The smallest absolute Gasteiger partial charge is 0.123 e. The third-order valence-corrected chi connectivity index (χ3v) is 4.49. The second kappa shape index (κ2) is 6.57. The van der Waals surface area contributed by atoms with Gasteiger partial charge in [0, 0.05) is 40.9 Å². The van der Waals surface area contributed by atoms with E-state index in [1.54, 1.807) is 24.7 Å². The van der Waals surface area contributed by atoms with Gasteiger partial charge in [-0.1, -0.05) is 35.9 Å². The van der Waals surface area contributed by atoms with Gasteiger partial charge in [-0.3, -0.25) is 0 Å². The molecule has 5 heteroatoms. The third kappa shape index (κ3) is 3.08. The molecule has 1 N–H and O–H groups in total. The number of H-pyrrole nitrogens is 1. The van der Waals surface area contributed by atoms with Crippen molar-refractivity contribution in [2.45, 2.75) is 6.04 Å². The second-order valence-electron chi connectivity index (χ2n) is 5.80. The van der Waals surface area contributed by atoms with Crippen molar-refractivity contribution in [3.8, 4) is 11.1 Å². The summed E-state index contributed by atoms with van der Waals surface area (Å²) in [5.41, 5.74) is 4.19. The first-order chi connectivity index (χ1) is 12.2. The first-order valence-corrected chi connectivity index (χ1v) is 8.26. The van der Waals surface area contributed by atoms with Crippen LogP contribution in [-0.4, -0.2) is 14.5 Å². The lowest BCUT2D eigenvalue weighted by Crippen LogP contribution is -2.11. The lowest BCUT2D eigenvalue weighted by molar-refractivity contribution is 0.622. The Morgan fingerprint density at radius 1 is 1.00 bits per heavy atom. The molecule has 4 rings (SSSR count). The molecule has 0 aliphatic rings. The fraction of sp³-hybridized carbons (Fsp3) is 0.0500. The second-order valence-corrected chi connectivity index (χ2v) is 6.23. The Morgan fingerprint density at radius 3 is 2.44 bits per heavy atom. The molecular weight excluding hydrogens is 337 g/mol. The Morgan fingerprint density at radius 2 is 1.76 bits per heavy atom. The number of halogens is 2. The zero-order valence-electron chi connectivity index (χ0n) is 13.2. The molecule has 0 aliphatic carbocycles. The van der Waals surface area contributed by atoms with Gasteiger partial charge in [-0.25, -0.2) is 9.37 Å². The minimum absolute atomic E-state index is 0.111. The van der Waals surface area contributed by atoms with Gasteiger partial charge in [0.2, 0.25) is 0 Å². The molecule has 25 heavy (non-hydrogen) atoms. The van der Waals surface area contributed by atoms with Crippen LogP contribution in [0.15, 0.2) is 79.6 Å².